The number of aliphatic hydroxyl groups excluding tert-OH is 1. The van der Waals surface area contributed by atoms with E-state index in [0.717, 1.165) is 19.3 Å². The number of hydrogen-bond donors (Lipinski definition) is 2. The Morgan fingerprint density at radius 1 is 1.53 bits per heavy atom. The van der Waals surface area contributed by atoms with Gasteiger partial charge in [0.15, 0.2) is 0 Å². The second-order valence-corrected chi connectivity index (χ2v) is 5.31. The molecule has 1 unspecified atom stereocenters. The molecule has 0 saturated heterocycles. The third kappa shape index (κ3) is 2.95. The number of hydrogen-bond acceptors (Lipinski definition) is 2. The lowest BCUT2D eigenvalue weighted by Crippen LogP contribution is -2.46. The van der Waals surface area contributed by atoms with Crippen molar-refractivity contribution in [1.82, 2.24) is 5.32 Å². The molecule has 0 heterocycles. The Labute approximate surface area is 112 Å². The fraction of sp³-hybridized carbons (Fsp3) is 0.533. The summed E-state index contributed by atoms with van der Waals surface area (Å²) in [6, 6.07) is 4.84. The average molecular weight is 265 g/mol. The Balaban J connectivity index is 2.05. The van der Waals surface area contributed by atoms with Crippen LogP contribution in [-0.2, 0) is 0 Å². The number of amides is 1. The molecule has 1 amide bonds. The van der Waals surface area contributed by atoms with Gasteiger partial charge in [-0.3, -0.25) is 4.79 Å². The number of aryl methyl sites for hydroxylation is 1. The van der Waals surface area contributed by atoms with E-state index in [-0.39, 0.29) is 23.6 Å². The molecule has 1 fully saturated rings. The van der Waals surface area contributed by atoms with Gasteiger partial charge in [0.05, 0.1) is 11.7 Å². The van der Waals surface area contributed by atoms with Crippen molar-refractivity contribution in [2.45, 2.75) is 45.3 Å². The molecule has 1 atom stereocenters. The largest absolute Gasteiger partial charge is 0.393 e. The summed E-state index contributed by atoms with van der Waals surface area (Å²) in [6.07, 6.45) is 1.98. The maximum absolute atomic E-state index is 13.9. The molecular weight excluding hydrogens is 245 g/mol. The topological polar surface area (TPSA) is 49.3 Å². The zero-order chi connectivity index (χ0) is 14.0. The minimum Gasteiger partial charge on any atom is -0.393 e. The van der Waals surface area contributed by atoms with Crippen LogP contribution >= 0.6 is 0 Å². The summed E-state index contributed by atoms with van der Waals surface area (Å²) in [5, 5.41) is 12.2. The smallest absolute Gasteiger partial charge is 0.254 e. The minimum atomic E-state index is -0.455. The summed E-state index contributed by atoms with van der Waals surface area (Å²) in [5.41, 5.74) is 0.568. The Morgan fingerprint density at radius 3 is 2.79 bits per heavy atom. The third-order valence-electron chi connectivity index (χ3n) is 3.91. The van der Waals surface area contributed by atoms with Gasteiger partial charge in [-0.1, -0.05) is 19.1 Å². The van der Waals surface area contributed by atoms with Crippen molar-refractivity contribution in [3.63, 3.8) is 0 Å². The number of carbonyl (C=O) groups excluding carboxylic acids is 1. The number of benzene rings is 1. The number of aliphatic hydroxyl groups is 1. The van der Waals surface area contributed by atoms with Gasteiger partial charge in [-0.25, -0.2) is 4.39 Å². The first kappa shape index (κ1) is 14.0. The second-order valence-electron chi connectivity index (χ2n) is 5.31. The molecule has 3 nitrogen and oxygen atoms in total. The molecular formula is C15H20FNO2. The van der Waals surface area contributed by atoms with E-state index < -0.39 is 5.82 Å². The standard InChI is InChI=1S/C15H20FNO2/c1-3-13(10-7-11(18)8-10)17-15(19)12-6-4-5-9(2)14(12)16/h4-6,10-11,13,18H,3,7-8H2,1-2H3,(H,17,19). The number of carbonyl (C=O) groups is 1. The van der Waals surface area contributed by atoms with Crippen LogP contribution in [0, 0.1) is 18.7 Å². The summed E-state index contributed by atoms with van der Waals surface area (Å²) in [6.45, 7) is 3.63. The van der Waals surface area contributed by atoms with E-state index in [9.17, 15) is 14.3 Å². The van der Waals surface area contributed by atoms with Crippen LogP contribution in [0.25, 0.3) is 0 Å². The summed E-state index contributed by atoms with van der Waals surface area (Å²) < 4.78 is 13.9. The molecule has 1 aliphatic rings. The maximum Gasteiger partial charge on any atom is 0.254 e. The van der Waals surface area contributed by atoms with E-state index in [1.807, 2.05) is 6.92 Å². The molecule has 19 heavy (non-hydrogen) atoms. The van der Waals surface area contributed by atoms with Crippen LogP contribution < -0.4 is 5.32 Å². The zero-order valence-electron chi connectivity index (χ0n) is 11.3. The molecule has 104 valence electrons. The average Bonchev–Trinajstić information content (AvgIpc) is 2.35. The maximum atomic E-state index is 13.9. The highest BCUT2D eigenvalue weighted by Gasteiger charge is 2.34. The molecule has 2 rings (SSSR count). The van der Waals surface area contributed by atoms with Crippen LogP contribution in [0.4, 0.5) is 4.39 Å². The van der Waals surface area contributed by atoms with E-state index in [1.54, 1.807) is 19.1 Å². The highest BCUT2D eigenvalue weighted by molar-refractivity contribution is 5.94. The summed E-state index contributed by atoms with van der Waals surface area (Å²) in [4.78, 5) is 12.1. The van der Waals surface area contributed by atoms with Gasteiger partial charge in [-0.15, -0.1) is 0 Å². The van der Waals surface area contributed by atoms with Gasteiger partial charge >= 0.3 is 0 Å². The molecule has 4 heteroatoms. The third-order valence-corrected chi connectivity index (χ3v) is 3.91. The van der Waals surface area contributed by atoms with Crippen LogP contribution in [0.15, 0.2) is 18.2 Å². The number of halogens is 1. The van der Waals surface area contributed by atoms with Gasteiger partial charge in [0.2, 0.25) is 0 Å². The zero-order valence-corrected chi connectivity index (χ0v) is 11.3. The quantitative estimate of drug-likeness (QED) is 0.878. The molecule has 0 bridgehead atoms. The molecule has 0 spiro atoms. The Hall–Kier alpha value is -1.42. The molecule has 1 saturated carbocycles. The molecule has 1 aromatic rings. The first-order valence-corrected chi connectivity index (χ1v) is 6.77. The molecule has 1 aliphatic carbocycles. The molecule has 0 radical (unpaired) electrons. The van der Waals surface area contributed by atoms with Crippen molar-refractivity contribution in [3.8, 4) is 0 Å². The fourth-order valence-corrected chi connectivity index (χ4v) is 2.58. The second kappa shape index (κ2) is 5.70. The van der Waals surface area contributed by atoms with E-state index in [4.69, 9.17) is 0 Å². The SMILES string of the molecule is CCC(NC(=O)c1cccc(C)c1F)C1CC(O)C1. The lowest BCUT2D eigenvalue weighted by molar-refractivity contribution is 0.0232. The molecule has 1 aromatic carbocycles. The Bertz CT molecular complexity index is 469. The first-order chi connectivity index (χ1) is 9.02. The van der Waals surface area contributed by atoms with Gasteiger partial charge in [0.1, 0.15) is 5.82 Å². The van der Waals surface area contributed by atoms with Crippen molar-refractivity contribution in [3.05, 3.63) is 35.1 Å². The van der Waals surface area contributed by atoms with Crippen molar-refractivity contribution in [1.29, 1.82) is 0 Å². The van der Waals surface area contributed by atoms with Gasteiger partial charge in [-0.2, -0.15) is 0 Å². The van der Waals surface area contributed by atoms with Crippen LogP contribution in [0.2, 0.25) is 0 Å². The lowest BCUT2D eigenvalue weighted by Gasteiger charge is -2.37. The molecule has 0 aromatic heterocycles. The Morgan fingerprint density at radius 2 is 2.21 bits per heavy atom. The monoisotopic (exact) mass is 265 g/mol. The van der Waals surface area contributed by atoms with Crippen LogP contribution in [0.3, 0.4) is 0 Å². The molecule has 0 aliphatic heterocycles. The number of rotatable bonds is 4. The van der Waals surface area contributed by atoms with Crippen molar-refractivity contribution in [2.75, 3.05) is 0 Å². The highest BCUT2D eigenvalue weighted by atomic mass is 19.1. The van der Waals surface area contributed by atoms with E-state index >= 15 is 0 Å². The number of nitrogens with one attached hydrogen (secondary N) is 1. The van der Waals surface area contributed by atoms with E-state index in [2.05, 4.69) is 5.32 Å². The normalized spacial score (nSPS) is 23.6. The van der Waals surface area contributed by atoms with E-state index in [1.165, 1.54) is 6.07 Å². The van der Waals surface area contributed by atoms with Gasteiger partial charge < -0.3 is 10.4 Å². The predicted molar refractivity (Wildman–Crippen MR) is 71.4 cm³/mol. The van der Waals surface area contributed by atoms with E-state index in [0.29, 0.717) is 11.5 Å². The van der Waals surface area contributed by atoms with Crippen LogP contribution in [0.5, 0.6) is 0 Å². The van der Waals surface area contributed by atoms with Crippen molar-refractivity contribution in [2.24, 2.45) is 5.92 Å². The molecule has 2 N–H and O–H groups in total. The van der Waals surface area contributed by atoms with Gasteiger partial charge in [0, 0.05) is 6.04 Å². The fourth-order valence-electron chi connectivity index (χ4n) is 2.58. The summed E-state index contributed by atoms with van der Waals surface area (Å²) in [5.74, 6) is -0.519. The van der Waals surface area contributed by atoms with Gasteiger partial charge in [-0.05, 0) is 43.7 Å². The predicted octanol–water partition coefficient (Wildman–Crippen LogP) is 2.41. The summed E-state index contributed by atoms with van der Waals surface area (Å²) >= 11 is 0. The Kier molecular flexibility index (Phi) is 4.20. The van der Waals surface area contributed by atoms with Crippen molar-refractivity contribution < 1.29 is 14.3 Å². The highest BCUT2D eigenvalue weighted by Crippen LogP contribution is 2.31. The first-order valence-electron chi connectivity index (χ1n) is 6.77. The lowest BCUT2D eigenvalue weighted by atomic mass is 9.76. The minimum absolute atomic E-state index is 0.0100. The van der Waals surface area contributed by atoms with Crippen LogP contribution in [0.1, 0.15) is 42.1 Å². The van der Waals surface area contributed by atoms with Crippen LogP contribution in [-0.4, -0.2) is 23.2 Å². The summed E-state index contributed by atoms with van der Waals surface area (Å²) in [7, 11) is 0. The van der Waals surface area contributed by atoms with Crippen molar-refractivity contribution >= 4 is 5.91 Å². The van der Waals surface area contributed by atoms with Gasteiger partial charge in [0.25, 0.3) is 5.91 Å².